The predicted molar refractivity (Wildman–Crippen MR) is 322 cm³/mol. The monoisotopic (exact) mass is 1110 g/mol. The SMILES string of the molecule is CC/C=C\C/C=C\C/C=C\CCCCCCCCCC(=O)OCC(COC1OC(C(=O)O)C(O)C(O)C1OC(=O)CCCCCCCCCCC/C=C\C/C=C\CCCCC)OC(=O)CCCCCCC/C=C\CCCCCC. The first kappa shape index (κ1) is 73.2. The van der Waals surface area contributed by atoms with Gasteiger partial charge in [0.05, 0.1) is 6.61 Å². The molecule has 0 aromatic heterocycles. The van der Waals surface area contributed by atoms with E-state index in [4.69, 9.17) is 23.7 Å². The summed E-state index contributed by atoms with van der Waals surface area (Å²) < 4.78 is 28.5. The van der Waals surface area contributed by atoms with E-state index in [0.717, 1.165) is 135 Å². The maximum Gasteiger partial charge on any atom is 0.335 e. The number of ether oxygens (including phenoxy) is 5. The summed E-state index contributed by atoms with van der Waals surface area (Å²) in [6.07, 6.45) is 57.1. The molecule has 1 saturated heterocycles. The fourth-order valence-corrected chi connectivity index (χ4v) is 9.35. The normalized spacial score (nSPS) is 18.3. The van der Waals surface area contributed by atoms with Crippen LogP contribution in [0.4, 0.5) is 0 Å². The zero-order valence-electron chi connectivity index (χ0n) is 50.1. The second-order valence-corrected chi connectivity index (χ2v) is 21.7. The summed E-state index contributed by atoms with van der Waals surface area (Å²) in [5.41, 5.74) is 0. The van der Waals surface area contributed by atoms with Crippen LogP contribution in [0.2, 0.25) is 0 Å². The number of hydrogen-bond acceptors (Lipinski definition) is 11. The highest BCUT2D eigenvalue weighted by atomic mass is 16.7. The van der Waals surface area contributed by atoms with Gasteiger partial charge in [-0.1, -0.05) is 222 Å². The van der Waals surface area contributed by atoms with E-state index < -0.39 is 67.3 Å². The molecule has 0 saturated carbocycles. The molecule has 1 fully saturated rings. The molecule has 1 heterocycles. The summed E-state index contributed by atoms with van der Waals surface area (Å²) in [4.78, 5) is 51.3. The third kappa shape index (κ3) is 44.5. The first-order valence-electron chi connectivity index (χ1n) is 31.9. The Labute approximate surface area is 480 Å². The van der Waals surface area contributed by atoms with Crippen molar-refractivity contribution in [1.82, 2.24) is 0 Å². The van der Waals surface area contributed by atoms with Gasteiger partial charge in [0.15, 0.2) is 24.6 Å². The highest BCUT2D eigenvalue weighted by molar-refractivity contribution is 5.74. The van der Waals surface area contributed by atoms with E-state index >= 15 is 0 Å². The topological polar surface area (TPSA) is 175 Å². The highest BCUT2D eigenvalue weighted by Crippen LogP contribution is 2.27. The third-order valence-corrected chi connectivity index (χ3v) is 14.2. The average molecular weight is 1110 g/mol. The van der Waals surface area contributed by atoms with Gasteiger partial charge in [0.2, 0.25) is 0 Å². The largest absolute Gasteiger partial charge is 0.479 e. The molecule has 0 amide bonds. The molecule has 12 nitrogen and oxygen atoms in total. The molecule has 0 aromatic rings. The molecule has 6 unspecified atom stereocenters. The molecule has 6 atom stereocenters. The molecule has 1 rings (SSSR count). The van der Waals surface area contributed by atoms with Crippen molar-refractivity contribution < 1.29 is 58.2 Å². The molecule has 0 bridgehead atoms. The number of carbonyl (C=O) groups excluding carboxylic acids is 3. The van der Waals surface area contributed by atoms with E-state index in [-0.39, 0.29) is 25.9 Å². The van der Waals surface area contributed by atoms with Gasteiger partial charge >= 0.3 is 23.9 Å². The average Bonchev–Trinajstić information content (AvgIpc) is 3.47. The molecule has 79 heavy (non-hydrogen) atoms. The maximum absolute atomic E-state index is 13.2. The molecule has 1 aliphatic heterocycles. The first-order valence-corrected chi connectivity index (χ1v) is 31.9. The molecule has 0 radical (unpaired) electrons. The summed E-state index contributed by atoms with van der Waals surface area (Å²) in [5.74, 6) is -3.14. The number of hydrogen-bond donors (Lipinski definition) is 3. The van der Waals surface area contributed by atoms with Gasteiger partial charge in [-0.25, -0.2) is 4.79 Å². The maximum atomic E-state index is 13.2. The minimum atomic E-state index is -1.91. The smallest absolute Gasteiger partial charge is 0.335 e. The van der Waals surface area contributed by atoms with Crippen molar-refractivity contribution in [3.63, 3.8) is 0 Å². The first-order chi connectivity index (χ1) is 38.6. The fraction of sp³-hybridized carbons (Fsp3) is 0.761. The van der Waals surface area contributed by atoms with E-state index in [9.17, 15) is 34.5 Å². The van der Waals surface area contributed by atoms with E-state index in [1.54, 1.807) is 0 Å². The van der Waals surface area contributed by atoms with Gasteiger partial charge in [-0.2, -0.15) is 0 Å². The zero-order valence-corrected chi connectivity index (χ0v) is 50.1. The van der Waals surface area contributed by atoms with Gasteiger partial charge in [0, 0.05) is 19.3 Å². The van der Waals surface area contributed by atoms with E-state index in [1.165, 1.54) is 83.5 Å². The van der Waals surface area contributed by atoms with Crippen LogP contribution in [-0.4, -0.2) is 89.2 Å². The quantitative estimate of drug-likeness (QED) is 0.0228. The molecule has 0 aliphatic carbocycles. The van der Waals surface area contributed by atoms with Gasteiger partial charge < -0.3 is 39.0 Å². The molecule has 3 N–H and O–H groups in total. The molecule has 0 aromatic carbocycles. The van der Waals surface area contributed by atoms with Gasteiger partial charge in [0.1, 0.15) is 18.8 Å². The van der Waals surface area contributed by atoms with Crippen molar-refractivity contribution in [3.05, 3.63) is 72.9 Å². The molecule has 1 aliphatic rings. The number of aliphatic carboxylic acids is 1. The molecule has 0 spiro atoms. The standard InChI is InChI=1S/C67H114O12/c1-4-7-10-13-16-19-22-25-27-29-30-32-34-37-40-43-46-49-52-55-61(70)78-65-63(72)62(71)64(66(73)74)79-67(65)76-57-58(77-60(69)54-51-48-45-42-39-35-24-21-18-15-12-9-6-3)56-75-59(68)53-50-47-44-41-38-36-33-31-28-26-23-20-17-14-11-8-5-2/h8,11,16-17,19-21,24-28,58,62-65,67,71-72H,4-7,9-10,12-15,18,22-23,29-57H2,1-3H3,(H,73,74)/b11-8-,19-16-,20-17-,24-21-,27-25-,28-26-. The summed E-state index contributed by atoms with van der Waals surface area (Å²) in [6, 6.07) is 0. The summed E-state index contributed by atoms with van der Waals surface area (Å²) in [6.45, 7) is 5.85. The zero-order chi connectivity index (χ0) is 57.5. The van der Waals surface area contributed by atoms with Gasteiger partial charge in [-0.3, -0.25) is 14.4 Å². The van der Waals surface area contributed by atoms with Gasteiger partial charge in [0.25, 0.3) is 0 Å². The minimum absolute atomic E-state index is 0.0528. The minimum Gasteiger partial charge on any atom is -0.479 e. The molecule has 454 valence electrons. The lowest BCUT2D eigenvalue weighted by Gasteiger charge is -2.40. The number of esters is 3. The number of carbonyl (C=O) groups is 4. The van der Waals surface area contributed by atoms with Crippen molar-refractivity contribution in [3.8, 4) is 0 Å². The van der Waals surface area contributed by atoms with Crippen LogP contribution in [-0.2, 0) is 42.9 Å². The van der Waals surface area contributed by atoms with E-state index in [1.807, 2.05) is 0 Å². The Morgan fingerprint density at radius 1 is 0.430 bits per heavy atom. The number of aliphatic hydroxyl groups excluding tert-OH is 2. The number of carboxylic acids is 1. The molecule has 12 heteroatoms. The third-order valence-electron chi connectivity index (χ3n) is 14.2. The second kappa shape index (κ2) is 54.7. The Bertz CT molecular complexity index is 1650. The molecular weight excluding hydrogens is 997 g/mol. The van der Waals surface area contributed by atoms with Crippen LogP contribution in [0.15, 0.2) is 72.9 Å². The Kier molecular flexibility index (Phi) is 50.7. The second-order valence-electron chi connectivity index (χ2n) is 21.7. The number of carboxylic acid groups (broad SMARTS) is 1. The Hall–Kier alpha value is -3.84. The van der Waals surface area contributed by atoms with Gasteiger partial charge in [-0.15, -0.1) is 0 Å². The fourth-order valence-electron chi connectivity index (χ4n) is 9.35. The van der Waals surface area contributed by atoms with Crippen molar-refractivity contribution in [2.75, 3.05) is 13.2 Å². The Morgan fingerprint density at radius 3 is 1.25 bits per heavy atom. The Morgan fingerprint density at radius 2 is 0.797 bits per heavy atom. The number of aliphatic hydroxyl groups is 2. The van der Waals surface area contributed by atoms with E-state index in [2.05, 4.69) is 93.7 Å². The van der Waals surface area contributed by atoms with Crippen LogP contribution >= 0.6 is 0 Å². The lowest BCUT2D eigenvalue weighted by Crippen LogP contribution is -2.61. The Balaban J connectivity index is 2.65. The van der Waals surface area contributed by atoms with Crippen molar-refractivity contribution >= 4 is 23.9 Å². The molecular formula is C67H114O12. The predicted octanol–water partition coefficient (Wildman–Crippen LogP) is 16.9. The van der Waals surface area contributed by atoms with Crippen molar-refractivity contribution in [2.24, 2.45) is 0 Å². The van der Waals surface area contributed by atoms with Crippen LogP contribution < -0.4 is 0 Å². The number of rotatable bonds is 54. The van der Waals surface area contributed by atoms with Crippen LogP contribution in [0, 0.1) is 0 Å². The van der Waals surface area contributed by atoms with Crippen LogP contribution in [0.25, 0.3) is 0 Å². The summed E-state index contributed by atoms with van der Waals surface area (Å²) in [7, 11) is 0. The lowest BCUT2D eigenvalue weighted by molar-refractivity contribution is -0.301. The summed E-state index contributed by atoms with van der Waals surface area (Å²) in [5, 5.41) is 31.6. The van der Waals surface area contributed by atoms with Gasteiger partial charge in [-0.05, 0) is 109 Å². The number of allylic oxidation sites excluding steroid dienone is 12. The van der Waals surface area contributed by atoms with Crippen LogP contribution in [0.1, 0.15) is 278 Å². The van der Waals surface area contributed by atoms with Crippen LogP contribution in [0.3, 0.4) is 0 Å². The van der Waals surface area contributed by atoms with Crippen molar-refractivity contribution in [2.45, 2.75) is 314 Å². The number of unbranched alkanes of at least 4 members (excludes halogenated alkanes) is 28. The summed E-state index contributed by atoms with van der Waals surface area (Å²) >= 11 is 0. The van der Waals surface area contributed by atoms with Crippen LogP contribution in [0.5, 0.6) is 0 Å². The van der Waals surface area contributed by atoms with E-state index in [0.29, 0.717) is 19.3 Å². The highest BCUT2D eigenvalue weighted by Gasteiger charge is 2.50. The lowest BCUT2D eigenvalue weighted by atomic mass is 9.98. The van der Waals surface area contributed by atoms with Crippen molar-refractivity contribution in [1.29, 1.82) is 0 Å².